The monoisotopic (exact) mass is 269 g/mol. The molecule has 110 valence electrons. The minimum atomic E-state index is -0.813. The summed E-state index contributed by atoms with van der Waals surface area (Å²) in [5, 5.41) is 12.1. The summed E-state index contributed by atoms with van der Waals surface area (Å²) >= 11 is 0. The highest BCUT2D eigenvalue weighted by Gasteiger charge is 2.45. The van der Waals surface area contributed by atoms with Crippen LogP contribution in [0.25, 0.3) is 0 Å². The van der Waals surface area contributed by atoms with Crippen molar-refractivity contribution in [3.8, 4) is 0 Å². The largest absolute Gasteiger partial charge is 0.481 e. The zero-order valence-corrected chi connectivity index (χ0v) is 12.2. The maximum Gasteiger partial charge on any atom is 0.310 e. The van der Waals surface area contributed by atoms with E-state index in [1.807, 2.05) is 0 Å². The van der Waals surface area contributed by atoms with E-state index in [2.05, 4.69) is 19.2 Å². The zero-order valence-electron chi connectivity index (χ0n) is 12.2. The number of hydrogen-bond acceptors (Lipinski definition) is 2. The number of carboxylic acid groups (broad SMARTS) is 1. The second-order valence-corrected chi connectivity index (χ2v) is 5.84. The third-order valence-electron chi connectivity index (χ3n) is 4.39. The molecule has 1 rings (SSSR count). The molecule has 0 heterocycles. The maximum atomic E-state index is 11.9. The standard InChI is InChI=1S/C15H27NO3/c1-3-5-7-12(4-2)11-16-13(17)10-15(14(18)19)8-6-9-15/h12H,3-11H2,1-2H3,(H,16,17)(H,18,19). The fourth-order valence-corrected chi connectivity index (χ4v) is 2.64. The van der Waals surface area contributed by atoms with Crippen LogP contribution in [0.1, 0.15) is 65.2 Å². The van der Waals surface area contributed by atoms with Gasteiger partial charge in [-0.15, -0.1) is 0 Å². The lowest BCUT2D eigenvalue weighted by Gasteiger charge is -2.37. The van der Waals surface area contributed by atoms with Crippen molar-refractivity contribution in [2.24, 2.45) is 11.3 Å². The number of amides is 1. The molecule has 0 radical (unpaired) electrons. The van der Waals surface area contributed by atoms with Gasteiger partial charge in [0.1, 0.15) is 0 Å². The number of aliphatic carboxylic acids is 1. The Labute approximate surface area is 116 Å². The van der Waals surface area contributed by atoms with Crippen LogP contribution in [-0.4, -0.2) is 23.5 Å². The lowest BCUT2D eigenvalue weighted by molar-refractivity contribution is -0.157. The first-order valence-corrected chi connectivity index (χ1v) is 7.54. The third kappa shape index (κ3) is 4.51. The van der Waals surface area contributed by atoms with Crippen LogP contribution >= 0.6 is 0 Å². The topological polar surface area (TPSA) is 66.4 Å². The Morgan fingerprint density at radius 3 is 2.42 bits per heavy atom. The Kier molecular flexibility index (Phi) is 6.32. The minimum absolute atomic E-state index is 0.1000. The Hall–Kier alpha value is -1.06. The number of carboxylic acids is 1. The number of unbranched alkanes of at least 4 members (excludes halogenated alkanes) is 1. The molecule has 0 aliphatic heterocycles. The van der Waals surface area contributed by atoms with Gasteiger partial charge in [-0.1, -0.05) is 39.5 Å². The van der Waals surface area contributed by atoms with Crippen LogP contribution in [0, 0.1) is 11.3 Å². The fourth-order valence-electron chi connectivity index (χ4n) is 2.64. The molecule has 1 aliphatic rings. The van der Waals surface area contributed by atoms with E-state index < -0.39 is 11.4 Å². The first-order chi connectivity index (χ1) is 9.04. The van der Waals surface area contributed by atoms with Crippen molar-refractivity contribution in [1.29, 1.82) is 0 Å². The predicted molar refractivity (Wildman–Crippen MR) is 74.9 cm³/mol. The van der Waals surface area contributed by atoms with Crippen molar-refractivity contribution in [1.82, 2.24) is 5.32 Å². The quantitative estimate of drug-likeness (QED) is 0.676. The van der Waals surface area contributed by atoms with Gasteiger partial charge in [0.15, 0.2) is 0 Å². The van der Waals surface area contributed by atoms with Crippen molar-refractivity contribution in [3.63, 3.8) is 0 Å². The molecule has 19 heavy (non-hydrogen) atoms. The van der Waals surface area contributed by atoms with Gasteiger partial charge in [0.2, 0.25) is 5.91 Å². The highest BCUT2D eigenvalue weighted by molar-refractivity contribution is 5.85. The average Bonchev–Trinajstić information content (AvgIpc) is 2.33. The summed E-state index contributed by atoms with van der Waals surface area (Å²) in [5.74, 6) is -0.393. The molecule has 0 aromatic rings. The molecule has 0 saturated heterocycles. The van der Waals surface area contributed by atoms with Crippen molar-refractivity contribution in [3.05, 3.63) is 0 Å². The molecule has 1 fully saturated rings. The molecule has 0 aromatic heterocycles. The molecule has 4 heteroatoms. The number of rotatable bonds is 9. The van der Waals surface area contributed by atoms with Crippen LogP contribution in [0.2, 0.25) is 0 Å². The molecule has 0 spiro atoms. The van der Waals surface area contributed by atoms with Gasteiger partial charge in [-0.05, 0) is 25.2 Å². The lowest BCUT2D eigenvalue weighted by atomic mass is 9.66. The lowest BCUT2D eigenvalue weighted by Crippen LogP contribution is -2.43. The Balaban J connectivity index is 2.32. The Morgan fingerprint density at radius 1 is 1.32 bits per heavy atom. The first kappa shape index (κ1) is 16.0. The average molecular weight is 269 g/mol. The smallest absolute Gasteiger partial charge is 0.310 e. The summed E-state index contributed by atoms with van der Waals surface area (Å²) in [7, 11) is 0. The van der Waals surface area contributed by atoms with E-state index in [-0.39, 0.29) is 12.3 Å². The number of carbonyl (C=O) groups is 2. The van der Waals surface area contributed by atoms with Gasteiger partial charge in [0.05, 0.1) is 5.41 Å². The molecule has 1 atom stereocenters. The molecule has 0 bridgehead atoms. The minimum Gasteiger partial charge on any atom is -0.481 e. The molecular formula is C15H27NO3. The summed E-state index contributed by atoms with van der Waals surface area (Å²) in [5.41, 5.74) is -0.769. The zero-order chi connectivity index (χ0) is 14.3. The van der Waals surface area contributed by atoms with Crippen molar-refractivity contribution in [2.45, 2.75) is 65.2 Å². The molecule has 0 aromatic carbocycles. The van der Waals surface area contributed by atoms with Gasteiger partial charge < -0.3 is 10.4 Å². The molecule has 1 saturated carbocycles. The van der Waals surface area contributed by atoms with Gasteiger partial charge in [0, 0.05) is 13.0 Å². The van der Waals surface area contributed by atoms with E-state index >= 15 is 0 Å². The molecule has 2 N–H and O–H groups in total. The SMILES string of the molecule is CCCCC(CC)CNC(=O)CC1(C(=O)O)CCC1. The first-order valence-electron chi connectivity index (χ1n) is 7.54. The second kappa shape index (κ2) is 7.51. The van der Waals surface area contributed by atoms with Crippen LogP contribution in [-0.2, 0) is 9.59 Å². The van der Waals surface area contributed by atoms with Crippen LogP contribution in [0.15, 0.2) is 0 Å². The van der Waals surface area contributed by atoms with Crippen molar-refractivity contribution in [2.75, 3.05) is 6.54 Å². The number of hydrogen-bond donors (Lipinski definition) is 2. The molecule has 1 unspecified atom stereocenters. The van der Waals surface area contributed by atoms with Gasteiger partial charge in [-0.25, -0.2) is 0 Å². The van der Waals surface area contributed by atoms with Gasteiger partial charge >= 0.3 is 5.97 Å². The van der Waals surface area contributed by atoms with Crippen LogP contribution in [0.5, 0.6) is 0 Å². The van der Waals surface area contributed by atoms with E-state index in [0.717, 1.165) is 19.3 Å². The summed E-state index contributed by atoms with van der Waals surface area (Å²) in [6.45, 7) is 4.99. The van der Waals surface area contributed by atoms with E-state index in [4.69, 9.17) is 0 Å². The van der Waals surface area contributed by atoms with Crippen LogP contribution < -0.4 is 5.32 Å². The molecule has 1 amide bonds. The van der Waals surface area contributed by atoms with E-state index in [9.17, 15) is 14.7 Å². The summed E-state index contributed by atoms with van der Waals surface area (Å²) in [6.07, 6.45) is 6.91. The van der Waals surface area contributed by atoms with Gasteiger partial charge in [-0.2, -0.15) is 0 Å². The van der Waals surface area contributed by atoms with Gasteiger partial charge in [-0.3, -0.25) is 9.59 Å². The third-order valence-corrected chi connectivity index (χ3v) is 4.39. The Bertz CT molecular complexity index is 311. The molecular weight excluding hydrogens is 242 g/mol. The summed E-state index contributed by atoms with van der Waals surface area (Å²) in [4.78, 5) is 23.1. The van der Waals surface area contributed by atoms with E-state index in [0.29, 0.717) is 25.3 Å². The summed E-state index contributed by atoms with van der Waals surface area (Å²) < 4.78 is 0. The summed E-state index contributed by atoms with van der Waals surface area (Å²) in [6, 6.07) is 0. The maximum absolute atomic E-state index is 11.9. The second-order valence-electron chi connectivity index (χ2n) is 5.84. The van der Waals surface area contributed by atoms with Crippen molar-refractivity contribution >= 4 is 11.9 Å². The van der Waals surface area contributed by atoms with Crippen LogP contribution in [0.3, 0.4) is 0 Å². The highest BCUT2D eigenvalue weighted by Crippen LogP contribution is 2.44. The molecule has 1 aliphatic carbocycles. The van der Waals surface area contributed by atoms with Gasteiger partial charge in [0.25, 0.3) is 0 Å². The number of carbonyl (C=O) groups excluding carboxylic acids is 1. The molecule has 4 nitrogen and oxygen atoms in total. The highest BCUT2D eigenvalue weighted by atomic mass is 16.4. The normalized spacial score (nSPS) is 18.4. The van der Waals surface area contributed by atoms with Crippen molar-refractivity contribution < 1.29 is 14.7 Å². The number of nitrogens with one attached hydrogen (secondary N) is 1. The Morgan fingerprint density at radius 2 is 2.00 bits per heavy atom. The predicted octanol–water partition coefficient (Wildman–Crippen LogP) is 2.96. The van der Waals surface area contributed by atoms with E-state index in [1.54, 1.807) is 0 Å². The van der Waals surface area contributed by atoms with Crippen LogP contribution in [0.4, 0.5) is 0 Å². The van der Waals surface area contributed by atoms with E-state index in [1.165, 1.54) is 12.8 Å². The fraction of sp³-hybridized carbons (Fsp3) is 0.867.